The average Bonchev–Trinajstić information content (AvgIpc) is 2.37. The van der Waals surface area contributed by atoms with Crippen LogP contribution in [-0.4, -0.2) is 42.5 Å². The van der Waals surface area contributed by atoms with E-state index in [1.807, 2.05) is 0 Å². The van der Waals surface area contributed by atoms with Gasteiger partial charge in [-0.05, 0) is 38.4 Å². The zero-order valence-corrected chi connectivity index (χ0v) is 11.8. The second-order valence-corrected chi connectivity index (χ2v) is 5.48. The molecule has 1 unspecified atom stereocenters. The molecule has 19 heavy (non-hydrogen) atoms. The number of rotatable bonds is 4. The third-order valence-corrected chi connectivity index (χ3v) is 3.69. The van der Waals surface area contributed by atoms with Crippen molar-refractivity contribution in [2.24, 2.45) is 11.7 Å². The summed E-state index contributed by atoms with van der Waals surface area (Å²) in [7, 11) is 2.14. The van der Waals surface area contributed by atoms with Crippen molar-refractivity contribution in [1.82, 2.24) is 9.88 Å². The van der Waals surface area contributed by atoms with E-state index in [9.17, 15) is 4.79 Å². The summed E-state index contributed by atoms with van der Waals surface area (Å²) < 4.78 is 0. The highest BCUT2D eigenvalue weighted by Gasteiger charge is 2.17. The number of nitrogens with zero attached hydrogens (tertiary/aromatic N) is 2. The van der Waals surface area contributed by atoms with Crippen molar-refractivity contribution < 1.29 is 4.79 Å². The Balaban J connectivity index is 1.94. The Kier molecular flexibility index (Phi) is 4.61. The van der Waals surface area contributed by atoms with Gasteiger partial charge in [0, 0.05) is 19.3 Å². The van der Waals surface area contributed by atoms with Gasteiger partial charge >= 0.3 is 0 Å². The summed E-state index contributed by atoms with van der Waals surface area (Å²) in [5.74, 6) is 0.696. The molecular formula is C13H19ClN4O. The number of likely N-dealkylation sites (tertiary alicyclic amines) is 1. The van der Waals surface area contributed by atoms with E-state index in [2.05, 4.69) is 22.2 Å². The highest BCUT2D eigenvalue weighted by Crippen LogP contribution is 2.21. The molecular weight excluding hydrogens is 264 g/mol. The minimum absolute atomic E-state index is 0.327. The first kappa shape index (κ1) is 14.1. The van der Waals surface area contributed by atoms with Crippen LogP contribution in [0.4, 0.5) is 5.82 Å². The monoisotopic (exact) mass is 282 g/mol. The molecule has 1 atom stereocenters. The van der Waals surface area contributed by atoms with E-state index in [4.69, 9.17) is 17.3 Å². The van der Waals surface area contributed by atoms with Gasteiger partial charge in [-0.2, -0.15) is 0 Å². The van der Waals surface area contributed by atoms with Gasteiger partial charge in [-0.3, -0.25) is 4.79 Å². The number of amides is 1. The number of carbonyl (C=O) groups is 1. The molecule has 1 saturated heterocycles. The number of hydrogen-bond donors (Lipinski definition) is 2. The van der Waals surface area contributed by atoms with Gasteiger partial charge in [0.05, 0.1) is 10.6 Å². The first-order chi connectivity index (χ1) is 9.06. The van der Waals surface area contributed by atoms with Crippen molar-refractivity contribution in [3.8, 4) is 0 Å². The summed E-state index contributed by atoms with van der Waals surface area (Å²) in [5.41, 5.74) is 5.50. The average molecular weight is 283 g/mol. The first-order valence-electron chi connectivity index (χ1n) is 6.44. The van der Waals surface area contributed by atoms with Crippen molar-refractivity contribution >= 4 is 23.3 Å². The third-order valence-electron chi connectivity index (χ3n) is 3.41. The Morgan fingerprint density at radius 3 is 3.11 bits per heavy atom. The topological polar surface area (TPSA) is 71.2 Å². The van der Waals surface area contributed by atoms with Crippen LogP contribution in [0.1, 0.15) is 23.2 Å². The smallest absolute Gasteiger partial charge is 0.250 e. The Labute approximate surface area is 118 Å². The number of pyridine rings is 1. The molecule has 104 valence electrons. The van der Waals surface area contributed by atoms with Crippen molar-refractivity contribution in [3.63, 3.8) is 0 Å². The highest BCUT2D eigenvalue weighted by atomic mass is 35.5. The molecule has 2 heterocycles. The van der Waals surface area contributed by atoms with Crippen LogP contribution >= 0.6 is 11.6 Å². The normalized spacial score (nSPS) is 20.2. The molecule has 0 saturated carbocycles. The van der Waals surface area contributed by atoms with Crippen molar-refractivity contribution in [2.75, 3.05) is 32.0 Å². The van der Waals surface area contributed by atoms with Gasteiger partial charge in [-0.25, -0.2) is 4.98 Å². The summed E-state index contributed by atoms with van der Waals surface area (Å²) in [4.78, 5) is 17.5. The zero-order chi connectivity index (χ0) is 13.8. The number of aromatic nitrogens is 1. The summed E-state index contributed by atoms with van der Waals surface area (Å²) in [5, 5.41) is 3.68. The molecule has 5 nitrogen and oxygen atoms in total. The number of halogens is 1. The molecule has 0 aromatic carbocycles. The maximum atomic E-state index is 11.0. The van der Waals surface area contributed by atoms with Crippen LogP contribution in [0, 0.1) is 5.92 Å². The lowest BCUT2D eigenvalue weighted by molar-refractivity contribution is 0.1000. The van der Waals surface area contributed by atoms with E-state index >= 15 is 0 Å². The van der Waals surface area contributed by atoms with E-state index in [1.165, 1.54) is 25.6 Å². The fourth-order valence-electron chi connectivity index (χ4n) is 2.38. The molecule has 3 N–H and O–H groups in total. The molecule has 6 heteroatoms. The largest absolute Gasteiger partial charge is 0.369 e. The van der Waals surface area contributed by atoms with E-state index < -0.39 is 5.91 Å². The van der Waals surface area contributed by atoms with Crippen LogP contribution < -0.4 is 11.1 Å². The molecule has 1 fully saturated rings. The molecule has 1 amide bonds. The number of carbonyl (C=O) groups excluding carboxylic acids is 1. The molecule has 1 aromatic heterocycles. The van der Waals surface area contributed by atoms with Crippen LogP contribution in [0.3, 0.4) is 0 Å². The zero-order valence-electron chi connectivity index (χ0n) is 11.0. The fraction of sp³-hybridized carbons (Fsp3) is 0.538. The Morgan fingerprint density at radius 1 is 1.68 bits per heavy atom. The minimum Gasteiger partial charge on any atom is -0.369 e. The van der Waals surface area contributed by atoms with Gasteiger partial charge in [0.1, 0.15) is 5.82 Å². The molecule has 2 rings (SSSR count). The Hall–Kier alpha value is -1.33. The summed E-state index contributed by atoms with van der Waals surface area (Å²) in [6.45, 7) is 3.10. The van der Waals surface area contributed by atoms with Crippen LogP contribution in [0.25, 0.3) is 0 Å². The second kappa shape index (κ2) is 6.21. The molecule has 0 bridgehead atoms. The van der Waals surface area contributed by atoms with Crippen molar-refractivity contribution in [3.05, 3.63) is 22.8 Å². The number of anilines is 1. The Bertz CT molecular complexity index is 466. The maximum Gasteiger partial charge on any atom is 0.250 e. The van der Waals surface area contributed by atoms with E-state index in [-0.39, 0.29) is 0 Å². The van der Waals surface area contributed by atoms with Gasteiger partial charge in [-0.15, -0.1) is 0 Å². The summed E-state index contributed by atoms with van der Waals surface area (Å²) in [6, 6.07) is 1.55. The Morgan fingerprint density at radius 2 is 2.47 bits per heavy atom. The number of nitrogens with two attached hydrogens (primary N) is 1. The quantitative estimate of drug-likeness (QED) is 0.880. The second-order valence-electron chi connectivity index (χ2n) is 5.07. The molecule has 1 aliphatic heterocycles. The summed E-state index contributed by atoms with van der Waals surface area (Å²) in [6.07, 6.45) is 3.89. The van der Waals surface area contributed by atoms with Crippen LogP contribution in [0.2, 0.25) is 5.02 Å². The molecule has 0 radical (unpaired) electrons. The lowest BCUT2D eigenvalue weighted by Gasteiger charge is -2.29. The lowest BCUT2D eigenvalue weighted by Crippen LogP contribution is -2.35. The van der Waals surface area contributed by atoms with Crippen molar-refractivity contribution in [1.29, 1.82) is 0 Å². The predicted octanol–water partition coefficient (Wildman–Crippen LogP) is 1.59. The number of primary amides is 1. The van der Waals surface area contributed by atoms with Crippen molar-refractivity contribution in [2.45, 2.75) is 12.8 Å². The molecule has 0 spiro atoms. The third kappa shape index (κ3) is 3.81. The van der Waals surface area contributed by atoms with Crippen LogP contribution in [-0.2, 0) is 0 Å². The van der Waals surface area contributed by atoms with Gasteiger partial charge in [0.25, 0.3) is 0 Å². The summed E-state index contributed by atoms with van der Waals surface area (Å²) >= 11 is 6.08. The fourth-order valence-corrected chi connectivity index (χ4v) is 2.62. The van der Waals surface area contributed by atoms with Gasteiger partial charge in [0.2, 0.25) is 5.91 Å². The first-order valence-corrected chi connectivity index (χ1v) is 6.82. The lowest BCUT2D eigenvalue weighted by atomic mass is 9.98. The van der Waals surface area contributed by atoms with Gasteiger partial charge in [-0.1, -0.05) is 11.6 Å². The van der Waals surface area contributed by atoms with E-state index in [0.717, 1.165) is 13.1 Å². The SMILES string of the molecule is CN1CCCC(CNc2ncc(C(N)=O)cc2Cl)C1. The minimum atomic E-state index is -0.519. The molecule has 1 aliphatic rings. The number of piperidine rings is 1. The highest BCUT2D eigenvalue weighted by molar-refractivity contribution is 6.33. The maximum absolute atomic E-state index is 11.0. The molecule has 1 aromatic rings. The predicted molar refractivity (Wildman–Crippen MR) is 76.5 cm³/mol. The van der Waals surface area contributed by atoms with E-state index in [0.29, 0.717) is 22.3 Å². The standard InChI is InChI=1S/C13H19ClN4O/c1-18-4-2-3-9(8-18)6-16-13-11(14)5-10(7-17-13)12(15)19/h5,7,9H,2-4,6,8H2,1H3,(H2,15,19)(H,16,17). The van der Waals surface area contributed by atoms with Gasteiger partial charge < -0.3 is 16.0 Å². The number of nitrogens with one attached hydrogen (secondary N) is 1. The molecule has 0 aliphatic carbocycles. The van der Waals surface area contributed by atoms with E-state index in [1.54, 1.807) is 6.07 Å². The number of hydrogen-bond acceptors (Lipinski definition) is 4. The van der Waals surface area contributed by atoms with Crippen LogP contribution in [0.15, 0.2) is 12.3 Å². The van der Waals surface area contributed by atoms with Crippen LogP contribution in [0.5, 0.6) is 0 Å². The van der Waals surface area contributed by atoms with Gasteiger partial charge in [0.15, 0.2) is 0 Å².